The van der Waals surface area contributed by atoms with Crippen LogP contribution in [0.25, 0.3) is 0 Å². The zero-order valence-electron chi connectivity index (χ0n) is 7.82. The first kappa shape index (κ1) is 13.8. The Morgan fingerprint density at radius 1 is 1.29 bits per heavy atom. The van der Waals surface area contributed by atoms with Crippen molar-refractivity contribution in [1.82, 2.24) is 0 Å². The Balaban J connectivity index is 3.55. The lowest BCUT2D eigenvalue weighted by atomic mass is 10.1. The van der Waals surface area contributed by atoms with E-state index in [-0.39, 0.29) is 6.07 Å². The number of carboxylic acids is 1. The van der Waals surface area contributed by atoms with Crippen molar-refractivity contribution >= 4 is 25.7 Å². The number of halogens is 4. The van der Waals surface area contributed by atoms with Crippen LogP contribution in [-0.2, 0) is 15.2 Å². The maximum atomic E-state index is 12.3. The van der Waals surface area contributed by atoms with E-state index in [1.807, 2.05) is 0 Å². The van der Waals surface area contributed by atoms with E-state index >= 15 is 0 Å². The molecule has 0 spiro atoms. The lowest BCUT2D eigenvalue weighted by molar-refractivity contribution is -0.137. The molecule has 0 aromatic heterocycles. The molecule has 0 saturated heterocycles. The quantitative estimate of drug-likeness (QED) is 0.848. The van der Waals surface area contributed by atoms with Gasteiger partial charge in [0.2, 0.25) is 0 Å². The highest BCUT2D eigenvalue weighted by Gasteiger charge is 2.33. The van der Waals surface area contributed by atoms with Gasteiger partial charge in [0, 0.05) is 10.7 Å². The molecule has 4 nitrogen and oxygen atoms in total. The average Bonchev–Trinajstić information content (AvgIpc) is 2.14. The van der Waals surface area contributed by atoms with Gasteiger partial charge < -0.3 is 5.11 Å². The molecule has 1 aromatic carbocycles. The summed E-state index contributed by atoms with van der Waals surface area (Å²) in [5.41, 5.74) is -2.28. The molecule has 0 unspecified atom stereocenters. The zero-order valence-corrected chi connectivity index (χ0v) is 9.40. The van der Waals surface area contributed by atoms with Crippen LogP contribution >= 0.6 is 10.7 Å². The second-order valence-electron chi connectivity index (χ2n) is 2.95. The number of carboxylic acid groups (broad SMARTS) is 1. The third-order valence-corrected chi connectivity index (χ3v) is 3.18. The molecular weight excluding hydrogens is 285 g/mol. The third kappa shape index (κ3) is 3.10. The fourth-order valence-corrected chi connectivity index (χ4v) is 2.13. The van der Waals surface area contributed by atoms with Crippen molar-refractivity contribution < 1.29 is 31.5 Å². The minimum Gasteiger partial charge on any atom is -0.478 e. The summed E-state index contributed by atoms with van der Waals surface area (Å²) in [5, 5.41) is 8.63. The van der Waals surface area contributed by atoms with Gasteiger partial charge in [-0.25, -0.2) is 13.2 Å². The van der Waals surface area contributed by atoms with E-state index in [1.54, 1.807) is 0 Å². The van der Waals surface area contributed by atoms with E-state index in [9.17, 15) is 26.4 Å². The van der Waals surface area contributed by atoms with Gasteiger partial charge in [-0.2, -0.15) is 13.2 Å². The molecule has 0 aliphatic rings. The van der Waals surface area contributed by atoms with E-state index < -0.39 is 37.2 Å². The Morgan fingerprint density at radius 3 is 2.18 bits per heavy atom. The molecule has 0 aliphatic heterocycles. The minimum atomic E-state index is -4.77. The summed E-state index contributed by atoms with van der Waals surface area (Å²) in [7, 11) is 0.485. The SMILES string of the molecule is O=C(O)c1cc(C(F)(F)F)ccc1S(=O)(=O)Cl. The van der Waals surface area contributed by atoms with Gasteiger partial charge in [-0.1, -0.05) is 0 Å². The smallest absolute Gasteiger partial charge is 0.416 e. The Hall–Kier alpha value is -1.28. The lowest BCUT2D eigenvalue weighted by Gasteiger charge is -2.09. The van der Waals surface area contributed by atoms with Crippen molar-refractivity contribution in [2.75, 3.05) is 0 Å². The number of alkyl halides is 3. The number of hydrogen-bond acceptors (Lipinski definition) is 3. The van der Waals surface area contributed by atoms with E-state index in [1.165, 1.54) is 0 Å². The second-order valence-corrected chi connectivity index (χ2v) is 5.49. The predicted molar refractivity (Wildman–Crippen MR) is 51.4 cm³/mol. The normalized spacial score (nSPS) is 12.5. The summed E-state index contributed by atoms with van der Waals surface area (Å²) >= 11 is 0. The molecular formula is C8H4ClF3O4S. The van der Waals surface area contributed by atoms with E-state index in [4.69, 9.17) is 15.8 Å². The Bertz CT molecular complexity index is 565. The van der Waals surface area contributed by atoms with Gasteiger partial charge in [-0.05, 0) is 18.2 Å². The van der Waals surface area contributed by atoms with Crippen LogP contribution in [0.5, 0.6) is 0 Å². The van der Waals surface area contributed by atoms with Gasteiger partial charge in [0.05, 0.1) is 16.0 Å². The first-order valence-corrected chi connectivity index (χ1v) is 6.23. The Labute approximate surface area is 98.0 Å². The molecule has 1 aromatic rings. The monoisotopic (exact) mass is 288 g/mol. The molecule has 0 heterocycles. The fourth-order valence-electron chi connectivity index (χ4n) is 1.09. The standard InChI is InChI=1S/C8H4ClF3O4S/c9-17(15,16)6-2-1-4(8(10,11)12)3-5(6)7(13)14/h1-3H,(H,13,14). The number of benzene rings is 1. The van der Waals surface area contributed by atoms with Crippen LogP contribution in [-0.4, -0.2) is 19.5 Å². The second kappa shape index (κ2) is 4.19. The lowest BCUT2D eigenvalue weighted by Crippen LogP contribution is -2.10. The molecule has 1 rings (SSSR count). The molecule has 0 amide bonds. The largest absolute Gasteiger partial charge is 0.478 e. The van der Waals surface area contributed by atoms with Crippen LogP contribution < -0.4 is 0 Å². The summed E-state index contributed by atoms with van der Waals surface area (Å²) in [4.78, 5) is 9.78. The summed E-state index contributed by atoms with van der Waals surface area (Å²) < 4.78 is 58.7. The molecule has 0 bridgehead atoms. The summed E-state index contributed by atoms with van der Waals surface area (Å²) in [5.74, 6) is -1.81. The van der Waals surface area contributed by atoms with Crippen molar-refractivity contribution in [3.05, 3.63) is 29.3 Å². The molecule has 0 atom stereocenters. The van der Waals surface area contributed by atoms with Crippen molar-refractivity contribution in [2.24, 2.45) is 0 Å². The van der Waals surface area contributed by atoms with Crippen LogP contribution in [0.2, 0.25) is 0 Å². The summed E-state index contributed by atoms with van der Waals surface area (Å²) in [6, 6.07) is 1.17. The first-order valence-electron chi connectivity index (χ1n) is 3.92. The van der Waals surface area contributed by atoms with Crippen molar-refractivity contribution in [2.45, 2.75) is 11.1 Å². The highest BCUT2D eigenvalue weighted by Crippen LogP contribution is 2.32. The van der Waals surface area contributed by atoms with Gasteiger partial charge in [0.25, 0.3) is 9.05 Å². The molecule has 1 N–H and O–H groups in total. The fraction of sp³-hybridized carbons (Fsp3) is 0.125. The first-order chi connectivity index (χ1) is 7.53. The number of hydrogen-bond donors (Lipinski definition) is 1. The molecule has 17 heavy (non-hydrogen) atoms. The average molecular weight is 289 g/mol. The molecule has 0 saturated carbocycles. The van der Waals surface area contributed by atoms with Crippen molar-refractivity contribution in [1.29, 1.82) is 0 Å². The molecule has 0 fully saturated rings. The highest BCUT2D eigenvalue weighted by atomic mass is 35.7. The maximum absolute atomic E-state index is 12.3. The molecule has 9 heteroatoms. The van der Waals surface area contributed by atoms with Crippen molar-refractivity contribution in [3.8, 4) is 0 Å². The van der Waals surface area contributed by atoms with E-state index in [0.717, 1.165) is 0 Å². The minimum absolute atomic E-state index is 0.220. The van der Waals surface area contributed by atoms with Gasteiger partial charge in [-0.15, -0.1) is 0 Å². The predicted octanol–water partition coefficient (Wildman–Crippen LogP) is 2.33. The molecule has 94 valence electrons. The van der Waals surface area contributed by atoms with Crippen LogP contribution in [0.1, 0.15) is 15.9 Å². The van der Waals surface area contributed by atoms with E-state index in [0.29, 0.717) is 12.1 Å². The Morgan fingerprint density at radius 2 is 1.82 bits per heavy atom. The van der Waals surface area contributed by atoms with Crippen LogP contribution in [0.15, 0.2) is 23.1 Å². The van der Waals surface area contributed by atoms with Gasteiger partial charge >= 0.3 is 12.1 Å². The summed E-state index contributed by atoms with van der Waals surface area (Å²) in [6.07, 6.45) is -4.77. The topological polar surface area (TPSA) is 71.4 Å². The highest BCUT2D eigenvalue weighted by molar-refractivity contribution is 8.13. The van der Waals surface area contributed by atoms with Crippen LogP contribution in [0.4, 0.5) is 13.2 Å². The number of carbonyl (C=O) groups is 1. The van der Waals surface area contributed by atoms with Gasteiger partial charge in [0.1, 0.15) is 0 Å². The summed E-state index contributed by atoms with van der Waals surface area (Å²) in [6.45, 7) is 0. The zero-order chi connectivity index (χ0) is 13.4. The van der Waals surface area contributed by atoms with Gasteiger partial charge in [-0.3, -0.25) is 0 Å². The van der Waals surface area contributed by atoms with Crippen LogP contribution in [0.3, 0.4) is 0 Å². The Kier molecular flexibility index (Phi) is 3.40. The van der Waals surface area contributed by atoms with E-state index in [2.05, 4.69) is 0 Å². The van der Waals surface area contributed by atoms with Crippen LogP contribution in [0, 0.1) is 0 Å². The molecule has 0 radical (unpaired) electrons. The number of aromatic carboxylic acids is 1. The van der Waals surface area contributed by atoms with Gasteiger partial charge in [0.15, 0.2) is 0 Å². The molecule has 0 aliphatic carbocycles. The maximum Gasteiger partial charge on any atom is 0.416 e. The number of rotatable bonds is 2. The third-order valence-electron chi connectivity index (χ3n) is 1.80. The van der Waals surface area contributed by atoms with Crippen molar-refractivity contribution in [3.63, 3.8) is 0 Å².